The number of rotatable bonds is 3. The summed E-state index contributed by atoms with van der Waals surface area (Å²) in [6.45, 7) is 7.40. The smallest absolute Gasteiger partial charge is 0.320 e. The van der Waals surface area contributed by atoms with Crippen LogP contribution < -0.4 is 0 Å². The average Bonchev–Trinajstić information content (AvgIpc) is 1.75. The molecule has 0 saturated carbocycles. The summed E-state index contributed by atoms with van der Waals surface area (Å²) in [6, 6.07) is 0.377. The summed E-state index contributed by atoms with van der Waals surface area (Å²) in [5.74, 6) is -0.174. The van der Waals surface area contributed by atoms with E-state index in [1.54, 1.807) is 0 Å². The van der Waals surface area contributed by atoms with Crippen molar-refractivity contribution in [3.63, 3.8) is 0 Å². The average molecular weight is 201 g/mol. The number of nitrogens with zero attached hydrogens (tertiary/aromatic N) is 1. The second kappa shape index (κ2) is 4.28. The van der Waals surface area contributed by atoms with Crippen LogP contribution in [0.2, 0.25) is 0 Å². The van der Waals surface area contributed by atoms with E-state index < -0.39 is 5.60 Å². The standard InChI is InChI=1S/C10H19NO3/c1-10(2,3)14-9(12)5-11(4)8-6-13-7-8/h8H,5-7H2,1-4H3. The van der Waals surface area contributed by atoms with Crippen LogP contribution in [0.4, 0.5) is 0 Å². The van der Waals surface area contributed by atoms with Gasteiger partial charge in [-0.25, -0.2) is 0 Å². The molecule has 0 aliphatic carbocycles. The third-order valence-corrected chi connectivity index (χ3v) is 2.04. The van der Waals surface area contributed by atoms with Gasteiger partial charge in [-0.05, 0) is 27.8 Å². The van der Waals surface area contributed by atoms with Gasteiger partial charge in [0.2, 0.25) is 0 Å². The Morgan fingerprint density at radius 3 is 2.43 bits per heavy atom. The first kappa shape index (κ1) is 11.5. The van der Waals surface area contributed by atoms with Gasteiger partial charge in [0.1, 0.15) is 5.60 Å². The quantitative estimate of drug-likeness (QED) is 0.629. The molecule has 0 aromatic rings. The van der Waals surface area contributed by atoms with Gasteiger partial charge in [-0.15, -0.1) is 0 Å². The van der Waals surface area contributed by atoms with Crippen LogP contribution in [0, 0.1) is 0 Å². The molecule has 0 radical (unpaired) electrons. The van der Waals surface area contributed by atoms with Crippen molar-refractivity contribution in [2.45, 2.75) is 32.4 Å². The van der Waals surface area contributed by atoms with E-state index >= 15 is 0 Å². The van der Waals surface area contributed by atoms with E-state index in [1.807, 2.05) is 32.7 Å². The molecule has 14 heavy (non-hydrogen) atoms. The van der Waals surface area contributed by atoms with E-state index in [9.17, 15) is 4.79 Å². The van der Waals surface area contributed by atoms with Gasteiger partial charge in [0, 0.05) is 0 Å². The van der Waals surface area contributed by atoms with Crippen LogP contribution in [0.15, 0.2) is 0 Å². The molecule has 0 N–H and O–H groups in total. The van der Waals surface area contributed by atoms with Crippen LogP contribution in [0.25, 0.3) is 0 Å². The monoisotopic (exact) mass is 201 g/mol. The zero-order chi connectivity index (χ0) is 10.8. The molecule has 0 bridgehead atoms. The minimum atomic E-state index is -0.395. The first-order chi connectivity index (χ1) is 6.38. The molecular weight excluding hydrogens is 182 g/mol. The molecule has 1 saturated heterocycles. The molecule has 1 aliphatic rings. The Kier molecular flexibility index (Phi) is 3.50. The highest BCUT2D eigenvalue weighted by Crippen LogP contribution is 2.10. The second-order valence-electron chi connectivity index (χ2n) is 4.69. The maximum atomic E-state index is 11.4. The van der Waals surface area contributed by atoms with E-state index in [0.717, 1.165) is 13.2 Å². The minimum absolute atomic E-state index is 0.174. The number of carbonyl (C=O) groups excluding carboxylic acids is 1. The van der Waals surface area contributed by atoms with Gasteiger partial charge in [0.15, 0.2) is 0 Å². The van der Waals surface area contributed by atoms with E-state index in [0.29, 0.717) is 12.6 Å². The van der Waals surface area contributed by atoms with E-state index in [4.69, 9.17) is 9.47 Å². The molecule has 82 valence electrons. The van der Waals surface area contributed by atoms with E-state index in [2.05, 4.69) is 0 Å². The zero-order valence-electron chi connectivity index (χ0n) is 9.37. The predicted octanol–water partition coefficient (Wildman–Crippen LogP) is 0.659. The van der Waals surface area contributed by atoms with Crippen molar-refractivity contribution in [2.75, 3.05) is 26.8 Å². The first-order valence-electron chi connectivity index (χ1n) is 4.88. The predicted molar refractivity (Wildman–Crippen MR) is 53.1 cm³/mol. The summed E-state index contributed by atoms with van der Waals surface area (Å²) < 4.78 is 10.3. The van der Waals surface area contributed by atoms with Crippen molar-refractivity contribution >= 4 is 5.97 Å². The SMILES string of the molecule is CN(CC(=O)OC(C)(C)C)C1COC1. The van der Waals surface area contributed by atoms with Crippen molar-refractivity contribution in [1.29, 1.82) is 0 Å². The summed E-state index contributed by atoms with van der Waals surface area (Å²) in [6.07, 6.45) is 0. The normalized spacial score (nSPS) is 18.1. The van der Waals surface area contributed by atoms with Gasteiger partial charge in [-0.2, -0.15) is 0 Å². The lowest BCUT2D eigenvalue weighted by Crippen LogP contribution is -2.49. The number of ether oxygens (including phenoxy) is 2. The lowest BCUT2D eigenvalue weighted by atomic mass is 10.2. The third-order valence-electron chi connectivity index (χ3n) is 2.04. The summed E-state index contributed by atoms with van der Waals surface area (Å²) >= 11 is 0. The molecule has 0 aromatic heterocycles. The van der Waals surface area contributed by atoms with Crippen LogP contribution in [0.5, 0.6) is 0 Å². The Hall–Kier alpha value is -0.610. The molecule has 1 fully saturated rings. The highest BCUT2D eigenvalue weighted by molar-refractivity contribution is 5.72. The maximum absolute atomic E-state index is 11.4. The van der Waals surface area contributed by atoms with Crippen molar-refractivity contribution in [1.82, 2.24) is 4.90 Å². The molecule has 0 unspecified atom stereocenters. The Morgan fingerprint density at radius 1 is 1.50 bits per heavy atom. The summed E-state index contributed by atoms with van der Waals surface area (Å²) in [5, 5.41) is 0. The first-order valence-corrected chi connectivity index (χ1v) is 4.88. The Balaban J connectivity index is 2.25. The molecular formula is C10H19NO3. The fourth-order valence-corrected chi connectivity index (χ4v) is 1.18. The highest BCUT2D eigenvalue weighted by Gasteiger charge is 2.26. The largest absolute Gasteiger partial charge is 0.459 e. The number of esters is 1. The van der Waals surface area contributed by atoms with Crippen LogP contribution >= 0.6 is 0 Å². The van der Waals surface area contributed by atoms with Gasteiger partial charge in [0.05, 0.1) is 25.8 Å². The van der Waals surface area contributed by atoms with Gasteiger partial charge >= 0.3 is 5.97 Å². The molecule has 0 aromatic carbocycles. The van der Waals surface area contributed by atoms with Crippen LogP contribution in [-0.4, -0.2) is 49.3 Å². The van der Waals surface area contributed by atoms with Gasteiger partial charge in [0.25, 0.3) is 0 Å². The van der Waals surface area contributed by atoms with Crippen LogP contribution in [0.1, 0.15) is 20.8 Å². The molecule has 0 spiro atoms. The number of hydrogen-bond donors (Lipinski definition) is 0. The lowest BCUT2D eigenvalue weighted by molar-refractivity contribution is -0.158. The van der Waals surface area contributed by atoms with Gasteiger partial charge < -0.3 is 9.47 Å². The van der Waals surface area contributed by atoms with Crippen molar-refractivity contribution in [2.24, 2.45) is 0 Å². The van der Waals surface area contributed by atoms with Crippen LogP contribution in [0.3, 0.4) is 0 Å². The Bertz CT molecular complexity index is 206. The fourth-order valence-electron chi connectivity index (χ4n) is 1.18. The summed E-state index contributed by atoms with van der Waals surface area (Å²) in [5.41, 5.74) is -0.395. The molecule has 4 nitrogen and oxygen atoms in total. The number of likely N-dealkylation sites (N-methyl/N-ethyl adjacent to an activating group) is 1. The summed E-state index contributed by atoms with van der Waals surface area (Å²) in [4.78, 5) is 13.4. The van der Waals surface area contributed by atoms with Crippen molar-refractivity contribution in [3.05, 3.63) is 0 Å². The van der Waals surface area contributed by atoms with Crippen molar-refractivity contribution < 1.29 is 14.3 Å². The van der Waals surface area contributed by atoms with Gasteiger partial charge in [-0.3, -0.25) is 9.69 Å². The minimum Gasteiger partial charge on any atom is -0.459 e. The van der Waals surface area contributed by atoms with E-state index in [1.165, 1.54) is 0 Å². The highest BCUT2D eigenvalue weighted by atomic mass is 16.6. The molecule has 1 rings (SSSR count). The summed E-state index contributed by atoms with van der Waals surface area (Å²) in [7, 11) is 1.91. The third kappa shape index (κ3) is 3.64. The topological polar surface area (TPSA) is 38.8 Å². The maximum Gasteiger partial charge on any atom is 0.320 e. The number of hydrogen-bond acceptors (Lipinski definition) is 4. The lowest BCUT2D eigenvalue weighted by Gasteiger charge is -2.34. The molecule has 4 heteroatoms. The van der Waals surface area contributed by atoms with Crippen LogP contribution in [-0.2, 0) is 14.3 Å². The Morgan fingerprint density at radius 2 is 2.07 bits per heavy atom. The zero-order valence-corrected chi connectivity index (χ0v) is 9.37. The van der Waals surface area contributed by atoms with Crippen molar-refractivity contribution in [3.8, 4) is 0 Å². The fraction of sp³-hybridized carbons (Fsp3) is 0.900. The van der Waals surface area contributed by atoms with E-state index in [-0.39, 0.29) is 5.97 Å². The number of carbonyl (C=O) groups is 1. The molecule has 0 atom stereocenters. The molecule has 0 amide bonds. The Labute approximate surface area is 85.2 Å². The molecule has 1 aliphatic heterocycles. The van der Waals surface area contributed by atoms with Gasteiger partial charge in [-0.1, -0.05) is 0 Å². The molecule has 1 heterocycles. The second-order valence-corrected chi connectivity index (χ2v) is 4.69.